The van der Waals surface area contributed by atoms with Crippen LogP contribution >= 0.6 is 0 Å². The first-order valence-electron chi connectivity index (χ1n) is 5.56. The summed E-state index contributed by atoms with van der Waals surface area (Å²) in [6.07, 6.45) is 3.56. The lowest BCUT2D eigenvalue weighted by Gasteiger charge is -2.16. The summed E-state index contributed by atoms with van der Waals surface area (Å²) in [7, 11) is 0. The molecule has 0 spiro atoms. The largest absolute Gasteiger partial charge is 0.370 e. The fraction of sp³-hybridized carbons (Fsp3) is 0.500. The van der Waals surface area contributed by atoms with Crippen molar-refractivity contribution in [3.63, 3.8) is 0 Å². The van der Waals surface area contributed by atoms with Gasteiger partial charge in [0.25, 0.3) is 0 Å². The molecule has 0 aromatic carbocycles. The second-order valence-electron chi connectivity index (χ2n) is 3.21. The van der Waals surface area contributed by atoms with Crippen LogP contribution in [0.2, 0.25) is 0 Å². The second kappa shape index (κ2) is 6.17. The number of fused-ring (bicyclic) bond motifs is 1. The molecular weight excluding hydrogens is 188 g/mol. The van der Waals surface area contributed by atoms with Gasteiger partial charge in [-0.2, -0.15) is 0 Å². The first kappa shape index (κ1) is 11.7. The summed E-state index contributed by atoms with van der Waals surface area (Å²) < 4.78 is 0. The maximum atomic E-state index is 10.3. The molecule has 3 heteroatoms. The number of carbonyl (C=O) groups is 1. The minimum absolute atomic E-state index is 0.412. The van der Waals surface area contributed by atoms with Crippen LogP contribution in [0.25, 0.3) is 0 Å². The maximum absolute atomic E-state index is 10.3. The summed E-state index contributed by atoms with van der Waals surface area (Å²) in [4.78, 5) is 14.6. The highest BCUT2D eigenvalue weighted by atomic mass is 16.1. The lowest BCUT2D eigenvalue weighted by atomic mass is 10.1. The normalized spacial score (nSPS) is 12.9. The number of aromatic nitrogens is 1. The van der Waals surface area contributed by atoms with Crippen LogP contribution in [0.1, 0.15) is 31.5 Å². The van der Waals surface area contributed by atoms with Gasteiger partial charge in [-0.15, -0.1) is 0 Å². The Balaban J connectivity index is 0.000000531. The Morgan fingerprint density at radius 3 is 3.00 bits per heavy atom. The number of nitrogens with zero attached hydrogens (tertiary/aromatic N) is 1. The van der Waals surface area contributed by atoms with Crippen LogP contribution in [-0.4, -0.2) is 17.8 Å². The molecule has 0 unspecified atom stereocenters. The van der Waals surface area contributed by atoms with Gasteiger partial charge < -0.3 is 10.1 Å². The van der Waals surface area contributed by atoms with Crippen molar-refractivity contribution in [2.24, 2.45) is 0 Å². The number of nitrogens with one attached hydrogen (secondary N) is 1. The average Bonchev–Trinajstić information content (AvgIpc) is 2.32. The molecule has 1 aromatic rings. The lowest BCUT2D eigenvalue weighted by Crippen LogP contribution is -2.14. The number of carbonyl (C=O) groups excluding carboxylic acids is 1. The Labute approximate surface area is 90.9 Å². The van der Waals surface area contributed by atoms with Crippen LogP contribution in [0.3, 0.4) is 0 Å². The Kier molecular flexibility index (Phi) is 4.81. The smallest absolute Gasteiger partial charge is 0.129 e. The van der Waals surface area contributed by atoms with Gasteiger partial charge >= 0.3 is 0 Å². The Bertz CT molecular complexity index is 323. The summed E-state index contributed by atoms with van der Waals surface area (Å²) in [5, 5.41) is 3.23. The van der Waals surface area contributed by atoms with E-state index in [-0.39, 0.29) is 0 Å². The summed E-state index contributed by atoms with van der Waals surface area (Å²) in [6, 6.07) is 3.99. The van der Waals surface area contributed by atoms with Gasteiger partial charge in [0.05, 0.1) is 0 Å². The van der Waals surface area contributed by atoms with E-state index < -0.39 is 0 Å². The number of hydrogen-bond donors (Lipinski definition) is 1. The number of rotatable bonds is 2. The molecule has 0 saturated heterocycles. The molecule has 0 fully saturated rings. The number of aryl methyl sites for hydroxylation is 1. The van der Waals surface area contributed by atoms with Crippen molar-refractivity contribution >= 4 is 12.1 Å². The van der Waals surface area contributed by atoms with Crippen molar-refractivity contribution in [3.05, 3.63) is 23.4 Å². The maximum Gasteiger partial charge on any atom is 0.129 e. The van der Waals surface area contributed by atoms with Crippen molar-refractivity contribution in [2.45, 2.75) is 33.1 Å². The zero-order valence-electron chi connectivity index (χ0n) is 9.42. The molecular formula is C12H18N2O. The fourth-order valence-electron chi connectivity index (χ4n) is 1.57. The minimum Gasteiger partial charge on any atom is -0.370 e. The molecule has 0 radical (unpaired) electrons. The Hall–Kier alpha value is -1.38. The van der Waals surface area contributed by atoms with E-state index in [9.17, 15) is 4.79 Å². The summed E-state index contributed by atoms with van der Waals surface area (Å²) in [6.45, 7) is 4.99. The van der Waals surface area contributed by atoms with E-state index in [0.29, 0.717) is 6.42 Å². The van der Waals surface area contributed by atoms with Gasteiger partial charge in [-0.1, -0.05) is 19.9 Å². The third kappa shape index (κ3) is 3.05. The number of anilines is 1. The monoisotopic (exact) mass is 206 g/mol. The third-order valence-corrected chi connectivity index (χ3v) is 2.24. The van der Waals surface area contributed by atoms with Crippen LogP contribution < -0.4 is 5.32 Å². The van der Waals surface area contributed by atoms with Gasteiger partial charge in [-0.25, -0.2) is 4.98 Å². The van der Waals surface area contributed by atoms with Crippen molar-refractivity contribution in [2.75, 3.05) is 11.9 Å². The summed E-state index contributed by atoms with van der Waals surface area (Å²) in [5.41, 5.74) is 2.11. The van der Waals surface area contributed by atoms with Crippen molar-refractivity contribution in [3.8, 4) is 0 Å². The molecule has 0 aliphatic carbocycles. The highest BCUT2D eigenvalue weighted by Gasteiger charge is 2.09. The van der Waals surface area contributed by atoms with Gasteiger partial charge in [-0.3, -0.25) is 0 Å². The first-order valence-corrected chi connectivity index (χ1v) is 5.56. The van der Waals surface area contributed by atoms with Crippen molar-refractivity contribution in [1.29, 1.82) is 0 Å². The van der Waals surface area contributed by atoms with E-state index >= 15 is 0 Å². The van der Waals surface area contributed by atoms with Gasteiger partial charge in [0, 0.05) is 18.7 Å². The zero-order chi connectivity index (χ0) is 11.1. The SMILES string of the molecule is CC.O=CCc1ccc2c(n1)NCCC2. The van der Waals surface area contributed by atoms with Crippen molar-refractivity contribution in [1.82, 2.24) is 4.98 Å². The molecule has 0 saturated carbocycles. The van der Waals surface area contributed by atoms with E-state index in [1.54, 1.807) is 0 Å². The second-order valence-corrected chi connectivity index (χ2v) is 3.21. The van der Waals surface area contributed by atoms with Crippen LogP contribution in [0, 0.1) is 0 Å². The molecule has 15 heavy (non-hydrogen) atoms. The van der Waals surface area contributed by atoms with E-state index in [4.69, 9.17) is 0 Å². The predicted octanol–water partition coefficient (Wildman–Crippen LogP) is 2.21. The van der Waals surface area contributed by atoms with E-state index in [1.807, 2.05) is 19.9 Å². The first-order chi connectivity index (χ1) is 7.40. The van der Waals surface area contributed by atoms with Gasteiger partial charge in [0.2, 0.25) is 0 Å². The van der Waals surface area contributed by atoms with Crippen LogP contribution in [0.4, 0.5) is 5.82 Å². The minimum atomic E-state index is 0.412. The van der Waals surface area contributed by atoms with E-state index in [0.717, 1.165) is 30.8 Å². The Morgan fingerprint density at radius 2 is 2.27 bits per heavy atom. The molecule has 2 rings (SSSR count). The lowest BCUT2D eigenvalue weighted by molar-refractivity contribution is -0.107. The van der Waals surface area contributed by atoms with Gasteiger partial charge in [0.1, 0.15) is 12.1 Å². The average molecular weight is 206 g/mol. The zero-order valence-corrected chi connectivity index (χ0v) is 9.42. The molecule has 2 heterocycles. The molecule has 1 aliphatic rings. The third-order valence-electron chi connectivity index (χ3n) is 2.24. The molecule has 3 nitrogen and oxygen atoms in total. The van der Waals surface area contributed by atoms with Gasteiger partial charge in [-0.05, 0) is 24.5 Å². The topological polar surface area (TPSA) is 42.0 Å². The van der Waals surface area contributed by atoms with Crippen LogP contribution in [0.5, 0.6) is 0 Å². The standard InChI is InChI=1S/C10H12N2O.C2H6/c13-7-5-9-4-3-8-2-1-6-11-10(8)12-9;1-2/h3-4,7H,1-2,5-6H2,(H,11,12);1-2H3. The molecule has 0 atom stereocenters. The molecule has 1 N–H and O–H groups in total. The van der Waals surface area contributed by atoms with E-state index in [2.05, 4.69) is 16.4 Å². The molecule has 1 aromatic heterocycles. The fourth-order valence-corrected chi connectivity index (χ4v) is 1.57. The predicted molar refractivity (Wildman–Crippen MR) is 62.2 cm³/mol. The highest BCUT2D eigenvalue weighted by Crippen LogP contribution is 2.19. The van der Waals surface area contributed by atoms with Gasteiger partial charge in [0.15, 0.2) is 0 Å². The van der Waals surface area contributed by atoms with Crippen LogP contribution in [-0.2, 0) is 17.6 Å². The molecule has 0 amide bonds. The number of hydrogen-bond acceptors (Lipinski definition) is 3. The molecule has 82 valence electrons. The number of aldehydes is 1. The van der Waals surface area contributed by atoms with E-state index in [1.165, 1.54) is 12.0 Å². The Morgan fingerprint density at radius 1 is 1.47 bits per heavy atom. The van der Waals surface area contributed by atoms with Crippen LogP contribution in [0.15, 0.2) is 12.1 Å². The quantitative estimate of drug-likeness (QED) is 0.754. The van der Waals surface area contributed by atoms with Crippen molar-refractivity contribution < 1.29 is 4.79 Å². The number of pyridine rings is 1. The summed E-state index contributed by atoms with van der Waals surface area (Å²) >= 11 is 0. The highest BCUT2D eigenvalue weighted by molar-refractivity contribution is 5.55. The summed E-state index contributed by atoms with van der Waals surface area (Å²) in [5.74, 6) is 0.964. The molecule has 0 bridgehead atoms. The molecule has 1 aliphatic heterocycles.